The van der Waals surface area contributed by atoms with Gasteiger partial charge in [0.15, 0.2) is 0 Å². The van der Waals surface area contributed by atoms with Gasteiger partial charge in [-0.05, 0) is 26.2 Å². The third-order valence-electron chi connectivity index (χ3n) is 5.03. The van der Waals surface area contributed by atoms with Crippen LogP contribution in [0.4, 0.5) is 5.82 Å². The zero-order valence-electron chi connectivity index (χ0n) is 16.0. The smallest absolute Gasteiger partial charge is 0.132 e. The van der Waals surface area contributed by atoms with E-state index in [9.17, 15) is 0 Å². The quantitative estimate of drug-likeness (QED) is 0.648. The summed E-state index contributed by atoms with van der Waals surface area (Å²) in [7, 11) is 0. The van der Waals surface area contributed by atoms with Crippen molar-refractivity contribution < 1.29 is 0 Å². The maximum Gasteiger partial charge on any atom is 0.132 e. The molecular formula is C20H26N6S. The van der Waals surface area contributed by atoms with E-state index in [0.29, 0.717) is 5.92 Å². The number of anilines is 1. The Balaban J connectivity index is 1.53. The molecule has 0 unspecified atom stereocenters. The van der Waals surface area contributed by atoms with Crippen LogP contribution in [0, 0.1) is 6.92 Å². The summed E-state index contributed by atoms with van der Waals surface area (Å²) in [6, 6.07) is 2.11. The lowest BCUT2D eigenvalue weighted by Crippen LogP contribution is -2.36. The summed E-state index contributed by atoms with van der Waals surface area (Å²) in [5.74, 6) is 3.59. The van der Waals surface area contributed by atoms with Gasteiger partial charge in [0.1, 0.15) is 17.5 Å². The second kappa shape index (κ2) is 8.17. The lowest BCUT2D eigenvalue weighted by molar-refractivity contribution is 0.473. The van der Waals surface area contributed by atoms with Crippen LogP contribution >= 0.6 is 11.3 Å². The van der Waals surface area contributed by atoms with Gasteiger partial charge in [0.25, 0.3) is 0 Å². The minimum absolute atomic E-state index is 0.414. The van der Waals surface area contributed by atoms with Gasteiger partial charge in [0, 0.05) is 55.0 Å². The van der Waals surface area contributed by atoms with Crippen molar-refractivity contribution in [1.29, 1.82) is 0 Å². The standard InChI is InChI=1S/C20H26N6S/c1-3-5-18-23-15(2)10-19(24-18)25-8-4-6-16(11-25)20-21-7-9-26(20)12-17-13-27-14-22-17/h7,9-10,13-14,16H,3-6,8,11-12H2,1-2H3/t16-/m1/s1. The molecule has 7 heteroatoms. The number of thiazole rings is 1. The molecule has 0 spiro atoms. The highest BCUT2D eigenvalue weighted by molar-refractivity contribution is 7.07. The first-order chi connectivity index (χ1) is 13.2. The fourth-order valence-electron chi connectivity index (χ4n) is 3.81. The summed E-state index contributed by atoms with van der Waals surface area (Å²) in [4.78, 5) is 20.9. The number of aromatic nitrogens is 5. The number of hydrogen-bond acceptors (Lipinski definition) is 6. The van der Waals surface area contributed by atoms with E-state index in [1.807, 2.05) is 11.7 Å². The van der Waals surface area contributed by atoms with Gasteiger partial charge in [-0.2, -0.15) is 0 Å². The Kier molecular flexibility index (Phi) is 5.48. The van der Waals surface area contributed by atoms with Crippen LogP contribution in [0.25, 0.3) is 0 Å². The van der Waals surface area contributed by atoms with E-state index in [0.717, 1.165) is 74.2 Å². The maximum absolute atomic E-state index is 4.82. The summed E-state index contributed by atoms with van der Waals surface area (Å²) in [5.41, 5.74) is 4.04. The summed E-state index contributed by atoms with van der Waals surface area (Å²) < 4.78 is 2.25. The third-order valence-corrected chi connectivity index (χ3v) is 5.67. The predicted molar refractivity (Wildman–Crippen MR) is 108 cm³/mol. The van der Waals surface area contributed by atoms with Crippen molar-refractivity contribution in [3.63, 3.8) is 0 Å². The first kappa shape index (κ1) is 18.1. The third kappa shape index (κ3) is 4.18. The van der Waals surface area contributed by atoms with Crippen molar-refractivity contribution >= 4 is 17.2 Å². The van der Waals surface area contributed by atoms with Crippen LogP contribution in [0.2, 0.25) is 0 Å². The lowest BCUT2D eigenvalue weighted by Gasteiger charge is -2.33. The monoisotopic (exact) mass is 382 g/mol. The highest BCUT2D eigenvalue weighted by atomic mass is 32.1. The molecule has 27 heavy (non-hydrogen) atoms. The summed E-state index contributed by atoms with van der Waals surface area (Å²) in [6.45, 7) is 7.03. The molecule has 0 saturated carbocycles. The van der Waals surface area contributed by atoms with Crippen LogP contribution in [0.1, 0.15) is 55.1 Å². The van der Waals surface area contributed by atoms with E-state index in [2.05, 4.69) is 50.9 Å². The summed E-state index contributed by atoms with van der Waals surface area (Å²) in [6.07, 6.45) is 8.30. The summed E-state index contributed by atoms with van der Waals surface area (Å²) >= 11 is 1.64. The zero-order valence-corrected chi connectivity index (χ0v) is 16.8. The van der Waals surface area contributed by atoms with Gasteiger partial charge in [-0.15, -0.1) is 11.3 Å². The fraction of sp³-hybridized carbons (Fsp3) is 0.500. The molecule has 0 amide bonds. The summed E-state index contributed by atoms with van der Waals surface area (Å²) in [5, 5.41) is 2.11. The highest BCUT2D eigenvalue weighted by Crippen LogP contribution is 2.29. The fourth-order valence-corrected chi connectivity index (χ4v) is 4.36. The number of imidazole rings is 1. The first-order valence-electron chi connectivity index (χ1n) is 9.70. The molecule has 142 valence electrons. The van der Waals surface area contributed by atoms with Gasteiger partial charge in [0.05, 0.1) is 17.7 Å². The Morgan fingerprint density at radius 3 is 3.00 bits per heavy atom. The topological polar surface area (TPSA) is 59.7 Å². The minimum Gasteiger partial charge on any atom is -0.356 e. The van der Waals surface area contributed by atoms with Crippen LogP contribution < -0.4 is 4.90 Å². The molecule has 1 saturated heterocycles. The first-order valence-corrected chi connectivity index (χ1v) is 10.6. The van der Waals surface area contributed by atoms with Gasteiger partial charge in [-0.1, -0.05) is 6.92 Å². The van der Waals surface area contributed by atoms with E-state index in [-0.39, 0.29) is 0 Å². The number of piperidine rings is 1. The Morgan fingerprint density at radius 1 is 1.26 bits per heavy atom. The van der Waals surface area contributed by atoms with E-state index in [1.54, 1.807) is 11.3 Å². The molecule has 6 nitrogen and oxygen atoms in total. The Morgan fingerprint density at radius 2 is 2.19 bits per heavy atom. The minimum atomic E-state index is 0.414. The van der Waals surface area contributed by atoms with Crippen LogP contribution in [0.5, 0.6) is 0 Å². The number of nitrogens with zero attached hydrogens (tertiary/aromatic N) is 6. The van der Waals surface area contributed by atoms with Gasteiger partial charge in [-0.25, -0.2) is 19.9 Å². The predicted octanol–water partition coefficient (Wildman–Crippen LogP) is 3.82. The van der Waals surface area contributed by atoms with E-state index in [1.165, 1.54) is 0 Å². The van der Waals surface area contributed by atoms with Crippen LogP contribution in [0.15, 0.2) is 29.4 Å². The molecule has 1 aliphatic rings. The molecule has 0 radical (unpaired) electrons. The van der Waals surface area contributed by atoms with Crippen molar-refractivity contribution in [3.8, 4) is 0 Å². The molecular weight excluding hydrogens is 356 g/mol. The van der Waals surface area contributed by atoms with Gasteiger partial charge in [-0.3, -0.25) is 0 Å². The van der Waals surface area contributed by atoms with Crippen molar-refractivity contribution in [3.05, 3.63) is 52.4 Å². The molecule has 3 aromatic heterocycles. The van der Waals surface area contributed by atoms with Crippen LogP contribution in [-0.4, -0.2) is 37.6 Å². The molecule has 1 fully saturated rings. The normalized spacial score (nSPS) is 17.4. The number of rotatable bonds is 6. The Labute approximate surface area is 164 Å². The second-order valence-electron chi connectivity index (χ2n) is 7.21. The van der Waals surface area contributed by atoms with Crippen molar-refractivity contribution in [2.45, 2.75) is 52.0 Å². The Hall–Kier alpha value is -2.28. The van der Waals surface area contributed by atoms with E-state index in [4.69, 9.17) is 9.97 Å². The average molecular weight is 383 g/mol. The van der Waals surface area contributed by atoms with Crippen LogP contribution in [-0.2, 0) is 13.0 Å². The van der Waals surface area contributed by atoms with Crippen molar-refractivity contribution in [1.82, 2.24) is 24.5 Å². The number of aryl methyl sites for hydroxylation is 2. The van der Waals surface area contributed by atoms with Gasteiger partial charge < -0.3 is 9.47 Å². The molecule has 3 aromatic rings. The number of hydrogen-bond donors (Lipinski definition) is 0. The lowest BCUT2D eigenvalue weighted by atomic mass is 9.97. The van der Waals surface area contributed by atoms with Gasteiger partial charge in [0.2, 0.25) is 0 Å². The van der Waals surface area contributed by atoms with Gasteiger partial charge >= 0.3 is 0 Å². The van der Waals surface area contributed by atoms with Crippen LogP contribution in [0.3, 0.4) is 0 Å². The SMILES string of the molecule is CCCc1nc(C)cc(N2CCC[C@@H](c3nccn3Cc3cscn3)C2)n1. The van der Waals surface area contributed by atoms with E-state index >= 15 is 0 Å². The second-order valence-corrected chi connectivity index (χ2v) is 7.93. The zero-order chi connectivity index (χ0) is 18.6. The molecule has 1 aliphatic heterocycles. The highest BCUT2D eigenvalue weighted by Gasteiger charge is 2.26. The molecule has 0 aliphatic carbocycles. The molecule has 0 N–H and O–H groups in total. The molecule has 0 bridgehead atoms. The maximum atomic E-state index is 4.82. The largest absolute Gasteiger partial charge is 0.356 e. The van der Waals surface area contributed by atoms with E-state index < -0.39 is 0 Å². The average Bonchev–Trinajstić information content (AvgIpc) is 3.34. The van der Waals surface area contributed by atoms with Crippen molar-refractivity contribution in [2.24, 2.45) is 0 Å². The molecule has 0 aromatic carbocycles. The van der Waals surface area contributed by atoms with Crippen molar-refractivity contribution in [2.75, 3.05) is 18.0 Å². The molecule has 1 atom stereocenters. The molecule has 4 heterocycles. The molecule has 4 rings (SSSR count). The Bertz CT molecular complexity index is 872.